The highest BCUT2D eigenvalue weighted by Crippen LogP contribution is 2.30. The van der Waals surface area contributed by atoms with Crippen molar-refractivity contribution in [3.8, 4) is 0 Å². The van der Waals surface area contributed by atoms with E-state index in [1.807, 2.05) is 0 Å². The summed E-state index contributed by atoms with van der Waals surface area (Å²) in [7, 11) is 0. The molecule has 1 atom stereocenters. The maximum absolute atomic E-state index is 11.9. The van der Waals surface area contributed by atoms with Crippen molar-refractivity contribution in [3.63, 3.8) is 0 Å². The first-order valence-corrected chi connectivity index (χ1v) is 5.88. The fourth-order valence-corrected chi connectivity index (χ4v) is 1.59. The molecule has 0 aliphatic heterocycles. The molecule has 0 aliphatic rings. The highest BCUT2D eigenvalue weighted by Gasteiger charge is 2.25. The molecule has 1 rings (SSSR count). The van der Waals surface area contributed by atoms with E-state index in [-0.39, 0.29) is 11.2 Å². The summed E-state index contributed by atoms with van der Waals surface area (Å²) < 4.78 is 5.89. The molecule has 0 N–H and O–H groups in total. The smallest absolute Gasteiger partial charge is 0.199 e. The zero-order valence-electron chi connectivity index (χ0n) is 9.63. The van der Waals surface area contributed by atoms with E-state index >= 15 is 0 Å². The molecule has 1 heterocycles. The van der Waals surface area contributed by atoms with Gasteiger partial charge < -0.3 is 4.42 Å². The number of furan rings is 1. The van der Waals surface area contributed by atoms with Crippen LogP contribution in [0.4, 0.5) is 0 Å². The third-order valence-electron chi connectivity index (χ3n) is 2.84. The number of carbonyl (C=O) groups is 1. The first-order chi connectivity index (χ1) is 6.82. The summed E-state index contributed by atoms with van der Waals surface area (Å²) in [5.74, 6) is 0.836. The molecular weight excluding hydrogens is 256 g/mol. The third-order valence-corrected chi connectivity index (χ3v) is 3.46. The minimum Gasteiger partial charge on any atom is -0.460 e. The molecule has 1 aromatic heterocycles. The molecule has 0 saturated heterocycles. The molecule has 1 unspecified atom stereocenters. The highest BCUT2D eigenvalue weighted by molar-refractivity contribution is 9.10. The molecule has 3 heteroatoms. The van der Waals surface area contributed by atoms with Gasteiger partial charge in [0.1, 0.15) is 0 Å². The first kappa shape index (κ1) is 12.5. The van der Waals surface area contributed by atoms with Gasteiger partial charge >= 0.3 is 0 Å². The van der Waals surface area contributed by atoms with Crippen LogP contribution in [0.15, 0.2) is 21.2 Å². The molecule has 0 spiro atoms. The second-order valence-electron chi connectivity index (χ2n) is 4.99. The van der Waals surface area contributed by atoms with Crippen molar-refractivity contribution >= 4 is 21.7 Å². The van der Waals surface area contributed by atoms with Gasteiger partial charge in [0.15, 0.2) is 11.5 Å². The van der Waals surface area contributed by atoms with Gasteiger partial charge in [-0.05, 0) is 33.3 Å². The van der Waals surface area contributed by atoms with E-state index in [1.165, 1.54) is 6.26 Å². The Bertz CT molecular complexity index is 347. The van der Waals surface area contributed by atoms with Gasteiger partial charge in [0, 0.05) is 6.42 Å². The number of carbonyl (C=O) groups excluding carboxylic acids is 1. The Hall–Kier alpha value is -0.570. The fourth-order valence-electron chi connectivity index (χ4n) is 1.17. The number of hydrogen-bond donors (Lipinski definition) is 0. The predicted octanol–water partition coefficient (Wildman–Crippen LogP) is 4.30. The van der Waals surface area contributed by atoms with Gasteiger partial charge in [-0.1, -0.05) is 27.7 Å². The van der Waals surface area contributed by atoms with Gasteiger partial charge in [-0.3, -0.25) is 4.79 Å². The minimum atomic E-state index is 0.0642. The maximum atomic E-state index is 11.9. The second-order valence-corrected chi connectivity index (χ2v) is 5.85. The third kappa shape index (κ3) is 3.20. The number of rotatable bonds is 3. The molecular formula is C12H17BrO2. The quantitative estimate of drug-likeness (QED) is 0.769. The largest absolute Gasteiger partial charge is 0.460 e. The van der Waals surface area contributed by atoms with Crippen LogP contribution < -0.4 is 0 Å². The molecule has 0 radical (unpaired) electrons. The normalized spacial score (nSPS) is 13.9. The lowest BCUT2D eigenvalue weighted by Crippen LogP contribution is -2.20. The summed E-state index contributed by atoms with van der Waals surface area (Å²) in [6, 6.07) is 1.75. The molecule has 84 valence electrons. The Kier molecular flexibility index (Phi) is 3.77. The molecule has 0 bridgehead atoms. The molecule has 0 amide bonds. The molecule has 2 nitrogen and oxygen atoms in total. The lowest BCUT2D eigenvalue weighted by molar-refractivity contribution is 0.0899. The number of ketones is 1. The van der Waals surface area contributed by atoms with Crippen molar-refractivity contribution in [2.75, 3.05) is 0 Å². The van der Waals surface area contributed by atoms with Crippen molar-refractivity contribution in [3.05, 3.63) is 22.6 Å². The molecule has 1 aromatic rings. The maximum Gasteiger partial charge on any atom is 0.199 e. The first-order valence-electron chi connectivity index (χ1n) is 5.08. The Morgan fingerprint density at radius 1 is 1.53 bits per heavy atom. The molecule has 0 aromatic carbocycles. The average molecular weight is 273 g/mol. The van der Waals surface area contributed by atoms with Crippen molar-refractivity contribution < 1.29 is 9.21 Å². The molecule has 15 heavy (non-hydrogen) atoms. The summed E-state index contributed by atoms with van der Waals surface area (Å²) in [6.07, 6.45) is 2.05. The SMILES string of the molecule is CC(CC(=O)c1occc1Br)C(C)(C)C. The van der Waals surface area contributed by atoms with E-state index in [1.54, 1.807) is 6.07 Å². The van der Waals surface area contributed by atoms with E-state index in [4.69, 9.17) is 4.42 Å². The summed E-state index contributed by atoms with van der Waals surface area (Å²) in [5.41, 5.74) is 0.148. The van der Waals surface area contributed by atoms with Gasteiger partial charge in [0.05, 0.1) is 10.7 Å². The van der Waals surface area contributed by atoms with Crippen molar-refractivity contribution in [1.29, 1.82) is 0 Å². The van der Waals surface area contributed by atoms with Gasteiger partial charge in [0.25, 0.3) is 0 Å². The summed E-state index contributed by atoms with van der Waals surface area (Å²) in [4.78, 5) is 11.9. The fraction of sp³-hybridized carbons (Fsp3) is 0.583. The number of halogens is 1. The summed E-state index contributed by atoms with van der Waals surface area (Å²) in [6.45, 7) is 8.52. The topological polar surface area (TPSA) is 30.2 Å². The van der Waals surface area contributed by atoms with Crippen LogP contribution in [0, 0.1) is 11.3 Å². The van der Waals surface area contributed by atoms with Crippen LogP contribution in [-0.2, 0) is 0 Å². The summed E-state index contributed by atoms with van der Waals surface area (Å²) in [5, 5.41) is 0. The van der Waals surface area contributed by atoms with E-state index < -0.39 is 0 Å². The van der Waals surface area contributed by atoms with Crippen LogP contribution in [0.2, 0.25) is 0 Å². The van der Waals surface area contributed by atoms with Crippen molar-refractivity contribution in [2.45, 2.75) is 34.1 Å². The standard InChI is InChI=1S/C12H17BrO2/c1-8(12(2,3)4)7-10(14)11-9(13)5-6-15-11/h5-6,8H,7H2,1-4H3. The Balaban J connectivity index is 2.69. The van der Waals surface area contributed by atoms with E-state index in [0.29, 0.717) is 18.1 Å². The van der Waals surface area contributed by atoms with Crippen molar-refractivity contribution in [1.82, 2.24) is 0 Å². The molecule has 0 saturated carbocycles. The van der Waals surface area contributed by atoms with E-state index in [0.717, 1.165) is 4.47 Å². The van der Waals surface area contributed by atoms with Gasteiger partial charge in [-0.2, -0.15) is 0 Å². The van der Waals surface area contributed by atoms with Crippen LogP contribution in [0.3, 0.4) is 0 Å². The lowest BCUT2D eigenvalue weighted by Gasteiger charge is -2.26. The monoisotopic (exact) mass is 272 g/mol. The van der Waals surface area contributed by atoms with Crippen LogP contribution in [0.5, 0.6) is 0 Å². The second kappa shape index (κ2) is 4.52. The Morgan fingerprint density at radius 3 is 2.53 bits per heavy atom. The number of hydrogen-bond acceptors (Lipinski definition) is 2. The van der Waals surface area contributed by atoms with Crippen LogP contribution in [-0.4, -0.2) is 5.78 Å². The zero-order valence-corrected chi connectivity index (χ0v) is 11.2. The van der Waals surface area contributed by atoms with Crippen LogP contribution >= 0.6 is 15.9 Å². The number of Topliss-reactive ketones (excluding diaryl/α,β-unsaturated/α-hetero) is 1. The summed E-state index contributed by atoms with van der Waals surface area (Å²) >= 11 is 3.29. The van der Waals surface area contributed by atoms with Gasteiger partial charge in [0.2, 0.25) is 0 Å². The van der Waals surface area contributed by atoms with Crippen molar-refractivity contribution in [2.24, 2.45) is 11.3 Å². The van der Waals surface area contributed by atoms with E-state index in [2.05, 4.69) is 43.6 Å². The van der Waals surface area contributed by atoms with Crippen LogP contribution in [0.25, 0.3) is 0 Å². The van der Waals surface area contributed by atoms with E-state index in [9.17, 15) is 4.79 Å². The minimum absolute atomic E-state index is 0.0642. The van der Waals surface area contributed by atoms with Gasteiger partial charge in [-0.15, -0.1) is 0 Å². The Labute approximate surface area is 99.2 Å². The molecule has 0 aliphatic carbocycles. The zero-order chi connectivity index (χ0) is 11.6. The highest BCUT2D eigenvalue weighted by atomic mass is 79.9. The lowest BCUT2D eigenvalue weighted by atomic mass is 9.79. The van der Waals surface area contributed by atoms with Gasteiger partial charge in [-0.25, -0.2) is 0 Å². The van der Waals surface area contributed by atoms with Crippen LogP contribution in [0.1, 0.15) is 44.7 Å². The average Bonchev–Trinajstić information content (AvgIpc) is 2.49. The Morgan fingerprint density at radius 2 is 2.13 bits per heavy atom. The predicted molar refractivity (Wildman–Crippen MR) is 64.0 cm³/mol. The molecule has 0 fully saturated rings.